The fourth-order valence-corrected chi connectivity index (χ4v) is 5.85. The van der Waals surface area contributed by atoms with E-state index in [1.54, 1.807) is 0 Å². The van der Waals surface area contributed by atoms with Crippen molar-refractivity contribution in [3.05, 3.63) is 0 Å². The van der Waals surface area contributed by atoms with Crippen LogP contribution in [0.1, 0.15) is 206 Å². The highest BCUT2D eigenvalue weighted by Gasteiger charge is 2.20. The molecule has 0 unspecified atom stereocenters. The molecule has 0 radical (unpaired) electrons. The minimum Gasteiger partial charge on any atom is -0.462 e. The van der Waals surface area contributed by atoms with Crippen LogP contribution in [-0.4, -0.2) is 57.1 Å². The number of carbonyl (C=O) groups excluding carboxylic acids is 4. The van der Waals surface area contributed by atoms with Gasteiger partial charge in [0.05, 0.1) is 12.8 Å². The number of hydrogen-bond donors (Lipinski definition) is 0. The summed E-state index contributed by atoms with van der Waals surface area (Å²) in [7, 11) is 1.40. The van der Waals surface area contributed by atoms with Gasteiger partial charge in [0.2, 0.25) is 0 Å². The molecular formula is C41H76O9. The minimum atomic E-state index is -0.941. The van der Waals surface area contributed by atoms with Crippen molar-refractivity contribution < 1.29 is 42.9 Å². The molecule has 0 aliphatic heterocycles. The Labute approximate surface area is 306 Å². The highest BCUT2D eigenvalue weighted by molar-refractivity contribution is 5.77. The molecule has 294 valence electrons. The number of unbranched alkanes of at least 4 members (excludes halogenated alkanes) is 24. The number of carbonyl (C=O) groups is 4. The van der Waals surface area contributed by atoms with Crippen LogP contribution in [0.5, 0.6) is 0 Å². The van der Waals surface area contributed by atoms with Gasteiger partial charge in [-0.1, -0.05) is 168 Å². The largest absolute Gasteiger partial charge is 0.462 e. The second-order valence-electron chi connectivity index (χ2n) is 13.9. The Balaban J connectivity index is 4.25. The second-order valence-corrected chi connectivity index (χ2v) is 13.9. The molecule has 9 nitrogen and oxygen atoms in total. The van der Waals surface area contributed by atoms with Crippen molar-refractivity contribution in [2.24, 2.45) is 0 Å². The van der Waals surface area contributed by atoms with E-state index in [2.05, 4.69) is 13.8 Å². The molecule has 0 aliphatic rings. The zero-order chi connectivity index (χ0) is 36.8. The number of ether oxygens (including phenoxy) is 5. The van der Waals surface area contributed by atoms with Crippen LogP contribution in [0, 0.1) is 0 Å². The van der Waals surface area contributed by atoms with Crippen molar-refractivity contribution in [1.29, 1.82) is 0 Å². The third kappa shape index (κ3) is 35.7. The standard InChI is InChI=1S/C41H76O9/c1-4-6-8-10-12-14-16-18-20-22-24-26-28-30-38(42)47-34-37(50-41(45)33-32-40(44)49-36-46-3)35-48-39(43)31-29-27-25-23-21-19-17-15-13-11-9-7-5-2/h37H,4-36H2,1-3H3. The van der Waals surface area contributed by atoms with E-state index in [1.165, 1.54) is 136 Å². The van der Waals surface area contributed by atoms with Gasteiger partial charge in [-0.2, -0.15) is 0 Å². The lowest BCUT2D eigenvalue weighted by molar-refractivity contribution is -0.168. The maximum absolute atomic E-state index is 12.4. The average molecular weight is 713 g/mol. The second kappa shape index (κ2) is 38.1. The van der Waals surface area contributed by atoms with Crippen LogP contribution < -0.4 is 0 Å². The Hall–Kier alpha value is -2.16. The van der Waals surface area contributed by atoms with Crippen LogP contribution in [0.4, 0.5) is 0 Å². The number of hydrogen-bond acceptors (Lipinski definition) is 9. The van der Waals surface area contributed by atoms with Gasteiger partial charge < -0.3 is 23.7 Å². The third-order valence-corrected chi connectivity index (χ3v) is 9.00. The summed E-state index contributed by atoms with van der Waals surface area (Å²) in [6, 6.07) is 0. The number of methoxy groups -OCH3 is 1. The number of rotatable bonds is 38. The highest BCUT2D eigenvalue weighted by Crippen LogP contribution is 2.15. The molecule has 0 aromatic carbocycles. The molecule has 0 atom stereocenters. The summed E-state index contributed by atoms with van der Waals surface area (Å²) in [6.07, 6.45) is 31.1. The van der Waals surface area contributed by atoms with Crippen LogP contribution in [0.15, 0.2) is 0 Å². The highest BCUT2D eigenvalue weighted by atomic mass is 16.7. The molecule has 9 heteroatoms. The molecule has 0 aliphatic carbocycles. The van der Waals surface area contributed by atoms with Gasteiger partial charge in [-0.25, -0.2) is 0 Å². The maximum atomic E-state index is 12.4. The van der Waals surface area contributed by atoms with Gasteiger partial charge in [-0.3, -0.25) is 19.2 Å². The first-order valence-electron chi connectivity index (χ1n) is 20.6. The Morgan fingerprint density at radius 2 is 0.680 bits per heavy atom. The van der Waals surface area contributed by atoms with Crippen molar-refractivity contribution in [3.63, 3.8) is 0 Å². The van der Waals surface area contributed by atoms with Gasteiger partial charge in [0.15, 0.2) is 12.9 Å². The molecule has 0 saturated carbocycles. The molecule has 0 spiro atoms. The fourth-order valence-electron chi connectivity index (χ4n) is 5.85. The monoisotopic (exact) mass is 713 g/mol. The summed E-state index contributed by atoms with van der Waals surface area (Å²) in [4.78, 5) is 48.9. The summed E-state index contributed by atoms with van der Waals surface area (Å²) in [6.45, 7) is 3.89. The molecule has 50 heavy (non-hydrogen) atoms. The first kappa shape index (κ1) is 47.8. The molecule has 0 rings (SSSR count). The Morgan fingerprint density at radius 3 is 1.02 bits per heavy atom. The fraction of sp³-hybridized carbons (Fsp3) is 0.902. The summed E-state index contributed by atoms with van der Waals surface area (Å²) in [5.41, 5.74) is 0. The van der Waals surface area contributed by atoms with Gasteiger partial charge in [-0.05, 0) is 12.8 Å². The Kier molecular flexibility index (Phi) is 36.4. The van der Waals surface area contributed by atoms with E-state index in [9.17, 15) is 19.2 Å². The lowest BCUT2D eigenvalue weighted by atomic mass is 10.0. The molecule has 0 amide bonds. The zero-order valence-electron chi connectivity index (χ0n) is 32.6. The average Bonchev–Trinajstić information content (AvgIpc) is 3.11. The van der Waals surface area contributed by atoms with Crippen molar-refractivity contribution >= 4 is 23.9 Å². The lowest BCUT2D eigenvalue weighted by Crippen LogP contribution is -2.31. The molecule has 0 aromatic rings. The van der Waals surface area contributed by atoms with Gasteiger partial charge in [-0.15, -0.1) is 0 Å². The van der Waals surface area contributed by atoms with Crippen molar-refractivity contribution in [1.82, 2.24) is 0 Å². The van der Waals surface area contributed by atoms with E-state index in [0.29, 0.717) is 12.8 Å². The van der Waals surface area contributed by atoms with E-state index < -0.39 is 18.0 Å². The predicted molar refractivity (Wildman–Crippen MR) is 200 cm³/mol. The van der Waals surface area contributed by atoms with Crippen LogP contribution >= 0.6 is 0 Å². The van der Waals surface area contributed by atoms with E-state index in [4.69, 9.17) is 23.7 Å². The molecule has 0 N–H and O–H groups in total. The van der Waals surface area contributed by atoms with Crippen LogP contribution in [0.3, 0.4) is 0 Å². The maximum Gasteiger partial charge on any atom is 0.308 e. The zero-order valence-corrected chi connectivity index (χ0v) is 32.6. The first-order chi connectivity index (χ1) is 24.4. The van der Waals surface area contributed by atoms with E-state index >= 15 is 0 Å². The lowest BCUT2D eigenvalue weighted by Gasteiger charge is -2.18. The Bertz CT molecular complexity index is 755. The molecule has 0 aromatic heterocycles. The van der Waals surface area contributed by atoms with E-state index in [1.807, 2.05) is 0 Å². The molecular weight excluding hydrogens is 636 g/mol. The smallest absolute Gasteiger partial charge is 0.308 e. The summed E-state index contributed by atoms with van der Waals surface area (Å²) in [5.74, 6) is -1.98. The van der Waals surface area contributed by atoms with Gasteiger partial charge in [0.25, 0.3) is 0 Å². The summed E-state index contributed by atoms with van der Waals surface area (Å²) >= 11 is 0. The van der Waals surface area contributed by atoms with Gasteiger partial charge in [0, 0.05) is 20.0 Å². The molecule has 0 heterocycles. The van der Waals surface area contributed by atoms with E-state index in [0.717, 1.165) is 38.5 Å². The number of esters is 4. The van der Waals surface area contributed by atoms with Crippen molar-refractivity contribution in [2.75, 3.05) is 27.1 Å². The van der Waals surface area contributed by atoms with Gasteiger partial charge in [0.1, 0.15) is 13.2 Å². The van der Waals surface area contributed by atoms with Crippen molar-refractivity contribution in [3.8, 4) is 0 Å². The summed E-state index contributed by atoms with van der Waals surface area (Å²) < 4.78 is 25.7. The van der Waals surface area contributed by atoms with Crippen LogP contribution in [0.25, 0.3) is 0 Å². The third-order valence-electron chi connectivity index (χ3n) is 9.00. The molecule has 0 fully saturated rings. The molecule has 0 saturated heterocycles. The Morgan fingerprint density at radius 1 is 0.380 bits per heavy atom. The SMILES string of the molecule is CCCCCCCCCCCCCCCC(=O)OCC(COC(=O)CCCCCCCCCCCCCCC)OC(=O)CCC(=O)OCOC. The predicted octanol–water partition coefficient (Wildman–Crippen LogP) is 10.9. The normalized spacial score (nSPS) is 11.1. The van der Waals surface area contributed by atoms with Crippen LogP contribution in [0.2, 0.25) is 0 Å². The first-order valence-corrected chi connectivity index (χ1v) is 20.6. The minimum absolute atomic E-state index is 0.174. The summed E-state index contributed by atoms with van der Waals surface area (Å²) in [5, 5.41) is 0. The van der Waals surface area contributed by atoms with Gasteiger partial charge >= 0.3 is 23.9 Å². The van der Waals surface area contributed by atoms with E-state index in [-0.39, 0.29) is 44.8 Å². The topological polar surface area (TPSA) is 114 Å². The molecule has 0 bridgehead atoms. The quantitative estimate of drug-likeness (QED) is 0.0267. The van der Waals surface area contributed by atoms with Crippen LogP contribution in [-0.2, 0) is 42.9 Å². The van der Waals surface area contributed by atoms with Crippen molar-refractivity contribution in [2.45, 2.75) is 213 Å².